The Morgan fingerprint density at radius 1 is 0.938 bits per heavy atom. The highest BCUT2D eigenvalue weighted by Crippen LogP contribution is 2.29. The molecule has 1 N–H and O–H groups in total. The molecule has 0 saturated carbocycles. The summed E-state index contributed by atoms with van der Waals surface area (Å²) in [6, 6.07) is 4.97. The van der Waals surface area contributed by atoms with Crippen molar-refractivity contribution in [1.82, 2.24) is 5.32 Å². The largest absolute Gasteiger partial charge is 0.463 e. The van der Waals surface area contributed by atoms with Crippen LogP contribution in [-0.2, 0) is 38.1 Å². The first-order valence-corrected chi connectivity index (χ1v) is 9.73. The Kier molecular flexibility index (Phi) is 8.71. The van der Waals surface area contributed by atoms with Gasteiger partial charge in [0.05, 0.1) is 0 Å². The van der Waals surface area contributed by atoms with Crippen LogP contribution in [-0.4, -0.2) is 67.4 Å². The number of hydrogen-bond donors (Lipinski definition) is 1. The van der Waals surface area contributed by atoms with E-state index in [1.165, 1.54) is 38.1 Å². The quantitative estimate of drug-likeness (QED) is 0.338. The fraction of sp³-hybridized carbons (Fsp3) is 0.476. The van der Waals surface area contributed by atoms with E-state index in [-0.39, 0.29) is 12.4 Å². The van der Waals surface area contributed by atoms with Gasteiger partial charge >= 0.3 is 17.9 Å². The number of carbonyl (C=O) groups is 5. The van der Waals surface area contributed by atoms with Gasteiger partial charge in [0.2, 0.25) is 12.2 Å². The lowest BCUT2D eigenvalue weighted by molar-refractivity contribution is -0.257. The Hall–Kier alpha value is -3.47. The van der Waals surface area contributed by atoms with Crippen LogP contribution in [0, 0.1) is 0 Å². The zero-order chi connectivity index (χ0) is 23.8. The van der Waals surface area contributed by atoms with Crippen LogP contribution in [0.25, 0.3) is 0 Å². The third-order valence-corrected chi connectivity index (χ3v) is 4.34. The summed E-state index contributed by atoms with van der Waals surface area (Å²) in [5.41, 5.74) is 0.417. The SMILES string of the molecule is CC(=O)N[C@@H]1[C@H](Oc2ccc(C=O)cc2)O[C@H](COC(C)=O)[C@H](OC(C)=O)[C@H]1OC(C)=O. The minimum absolute atomic E-state index is 0.287. The molecule has 1 heterocycles. The smallest absolute Gasteiger partial charge is 0.303 e. The van der Waals surface area contributed by atoms with Crippen LogP contribution in [0.1, 0.15) is 38.1 Å². The summed E-state index contributed by atoms with van der Waals surface area (Å²) in [4.78, 5) is 57.6. The second-order valence-electron chi connectivity index (χ2n) is 7.02. The number of ether oxygens (including phenoxy) is 5. The second kappa shape index (κ2) is 11.2. The zero-order valence-electron chi connectivity index (χ0n) is 18.1. The lowest BCUT2D eigenvalue weighted by Crippen LogP contribution is -2.67. The van der Waals surface area contributed by atoms with E-state index in [2.05, 4.69) is 5.32 Å². The van der Waals surface area contributed by atoms with E-state index in [1.54, 1.807) is 0 Å². The van der Waals surface area contributed by atoms with Crippen molar-refractivity contribution in [2.45, 2.75) is 58.3 Å². The van der Waals surface area contributed by atoms with Crippen LogP contribution in [0.3, 0.4) is 0 Å². The highest BCUT2D eigenvalue weighted by Gasteiger charge is 2.51. The topological polar surface area (TPSA) is 144 Å². The summed E-state index contributed by atoms with van der Waals surface area (Å²) in [5.74, 6) is -2.21. The summed E-state index contributed by atoms with van der Waals surface area (Å²) < 4.78 is 27.4. The molecule has 0 radical (unpaired) electrons. The number of carbonyl (C=O) groups excluding carboxylic acids is 5. The van der Waals surface area contributed by atoms with E-state index in [4.69, 9.17) is 23.7 Å². The molecule has 0 bridgehead atoms. The van der Waals surface area contributed by atoms with Gasteiger partial charge in [-0.3, -0.25) is 24.0 Å². The number of nitrogens with one attached hydrogen (secondary N) is 1. The van der Waals surface area contributed by atoms with Crippen molar-refractivity contribution in [3.8, 4) is 5.75 Å². The van der Waals surface area contributed by atoms with Gasteiger partial charge in [-0.1, -0.05) is 0 Å². The molecule has 1 aromatic carbocycles. The molecule has 1 aliphatic heterocycles. The fourth-order valence-corrected chi connectivity index (χ4v) is 3.15. The van der Waals surface area contributed by atoms with Gasteiger partial charge in [-0.25, -0.2) is 0 Å². The monoisotopic (exact) mass is 451 g/mol. The number of esters is 3. The molecule has 2 rings (SSSR count). The molecular formula is C21H25NO10. The molecule has 1 amide bonds. The highest BCUT2D eigenvalue weighted by atomic mass is 16.7. The third-order valence-electron chi connectivity index (χ3n) is 4.34. The first-order chi connectivity index (χ1) is 15.1. The molecule has 5 atom stereocenters. The van der Waals surface area contributed by atoms with E-state index in [0.29, 0.717) is 11.8 Å². The third kappa shape index (κ3) is 7.05. The van der Waals surface area contributed by atoms with Gasteiger partial charge in [-0.2, -0.15) is 0 Å². The van der Waals surface area contributed by atoms with Crippen molar-refractivity contribution >= 4 is 30.1 Å². The number of hydrogen-bond acceptors (Lipinski definition) is 10. The van der Waals surface area contributed by atoms with Crippen molar-refractivity contribution < 1.29 is 47.7 Å². The van der Waals surface area contributed by atoms with Crippen LogP contribution < -0.4 is 10.1 Å². The maximum absolute atomic E-state index is 11.9. The number of benzene rings is 1. The summed E-state index contributed by atoms with van der Waals surface area (Å²) in [7, 11) is 0. The second-order valence-corrected chi connectivity index (χ2v) is 7.02. The molecule has 1 fully saturated rings. The molecule has 11 heteroatoms. The molecule has 11 nitrogen and oxygen atoms in total. The van der Waals surface area contributed by atoms with Gasteiger partial charge in [-0.15, -0.1) is 0 Å². The maximum atomic E-state index is 11.9. The molecular weight excluding hydrogens is 426 g/mol. The Morgan fingerprint density at radius 2 is 1.53 bits per heavy atom. The van der Waals surface area contributed by atoms with Crippen molar-refractivity contribution in [3.05, 3.63) is 29.8 Å². The van der Waals surface area contributed by atoms with Crippen molar-refractivity contribution in [2.24, 2.45) is 0 Å². The molecule has 32 heavy (non-hydrogen) atoms. The van der Waals surface area contributed by atoms with E-state index < -0.39 is 54.5 Å². The average Bonchev–Trinajstić information content (AvgIpc) is 2.70. The van der Waals surface area contributed by atoms with Gasteiger partial charge < -0.3 is 29.0 Å². The summed E-state index contributed by atoms with van der Waals surface area (Å²) in [5, 5.41) is 2.60. The lowest BCUT2D eigenvalue weighted by atomic mass is 9.96. The standard InChI is InChI=1S/C21H25NO10/c1-11(24)22-18-20(30-14(4)27)19(29-13(3)26)17(10-28-12(2)25)32-21(18)31-16-7-5-15(9-23)6-8-16/h5-9,17-21H,10H2,1-4H3,(H,22,24)/t17-,18+,19+,20+,21-/m1/s1. The van der Waals surface area contributed by atoms with Gasteiger partial charge in [0, 0.05) is 33.3 Å². The molecule has 0 aromatic heterocycles. The van der Waals surface area contributed by atoms with Crippen molar-refractivity contribution in [1.29, 1.82) is 0 Å². The zero-order valence-corrected chi connectivity index (χ0v) is 18.1. The van der Waals surface area contributed by atoms with Crippen LogP contribution in [0.4, 0.5) is 0 Å². The predicted octanol–water partition coefficient (Wildman–Crippen LogP) is 0.534. The number of aldehydes is 1. The Balaban J connectivity index is 2.43. The lowest BCUT2D eigenvalue weighted by Gasteiger charge is -2.44. The van der Waals surface area contributed by atoms with Crippen LogP contribution in [0.2, 0.25) is 0 Å². The molecule has 1 aromatic rings. The van der Waals surface area contributed by atoms with Gasteiger partial charge in [0.25, 0.3) is 0 Å². The van der Waals surface area contributed by atoms with E-state index >= 15 is 0 Å². The maximum Gasteiger partial charge on any atom is 0.303 e. The average molecular weight is 451 g/mol. The number of amides is 1. The van der Waals surface area contributed by atoms with Crippen molar-refractivity contribution in [3.63, 3.8) is 0 Å². The van der Waals surface area contributed by atoms with Crippen LogP contribution in [0.15, 0.2) is 24.3 Å². The minimum atomic E-state index is -1.22. The molecule has 0 unspecified atom stereocenters. The first kappa shape index (κ1) is 24.8. The molecule has 0 spiro atoms. The van der Waals surface area contributed by atoms with Gasteiger partial charge in [0.1, 0.15) is 30.8 Å². The molecule has 174 valence electrons. The van der Waals surface area contributed by atoms with E-state index in [0.717, 1.165) is 13.8 Å². The Labute approximate surface area is 184 Å². The van der Waals surface area contributed by atoms with E-state index in [1.807, 2.05) is 0 Å². The Bertz CT molecular complexity index is 853. The van der Waals surface area contributed by atoms with Gasteiger partial charge in [0.15, 0.2) is 12.2 Å². The van der Waals surface area contributed by atoms with E-state index in [9.17, 15) is 24.0 Å². The highest BCUT2D eigenvalue weighted by molar-refractivity contribution is 5.75. The predicted molar refractivity (Wildman–Crippen MR) is 106 cm³/mol. The van der Waals surface area contributed by atoms with Crippen LogP contribution in [0.5, 0.6) is 5.75 Å². The summed E-state index contributed by atoms with van der Waals surface area (Å²) in [6.07, 6.45) is -4.05. The Morgan fingerprint density at radius 3 is 2.03 bits per heavy atom. The van der Waals surface area contributed by atoms with Crippen molar-refractivity contribution in [2.75, 3.05) is 6.61 Å². The molecule has 0 aliphatic carbocycles. The minimum Gasteiger partial charge on any atom is -0.463 e. The molecule has 1 saturated heterocycles. The fourth-order valence-electron chi connectivity index (χ4n) is 3.15. The number of rotatable bonds is 8. The van der Waals surface area contributed by atoms with Gasteiger partial charge in [-0.05, 0) is 24.3 Å². The first-order valence-electron chi connectivity index (χ1n) is 9.73. The van der Waals surface area contributed by atoms with Crippen LogP contribution >= 0.6 is 0 Å². The molecule has 1 aliphatic rings. The summed E-state index contributed by atoms with van der Waals surface area (Å²) in [6.45, 7) is 4.41. The normalized spacial score (nSPS) is 24.6. The summed E-state index contributed by atoms with van der Waals surface area (Å²) >= 11 is 0.